The molecule has 1 aliphatic heterocycles. The molecular formula is C16H18F3N5O. The van der Waals surface area contributed by atoms with Gasteiger partial charge in [-0.3, -0.25) is 4.98 Å². The Kier molecular flexibility index (Phi) is 5.00. The Balaban J connectivity index is 1.55. The van der Waals surface area contributed by atoms with Crippen molar-refractivity contribution in [1.82, 2.24) is 19.9 Å². The topological polar surface area (TPSA) is 64.0 Å². The van der Waals surface area contributed by atoms with Crippen molar-refractivity contribution >= 4 is 5.95 Å². The van der Waals surface area contributed by atoms with Crippen molar-refractivity contribution in [2.24, 2.45) is 5.92 Å². The van der Waals surface area contributed by atoms with Gasteiger partial charge in [0, 0.05) is 31.7 Å². The standard InChI is InChI=1S/C16H18F3N5O/c1-11-14(21-7-6-20-11)25-10-12-3-8-24(9-4-12)15-22-5-2-13(23-15)16(17,18)19/h2,5-7,12H,3-4,8-10H2,1H3. The van der Waals surface area contributed by atoms with Crippen molar-refractivity contribution in [3.63, 3.8) is 0 Å². The highest BCUT2D eigenvalue weighted by atomic mass is 19.4. The van der Waals surface area contributed by atoms with Gasteiger partial charge in [-0.25, -0.2) is 15.0 Å². The Morgan fingerprint density at radius 1 is 1.12 bits per heavy atom. The molecule has 0 spiro atoms. The van der Waals surface area contributed by atoms with Crippen LogP contribution in [0, 0.1) is 12.8 Å². The summed E-state index contributed by atoms with van der Waals surface area (Å²) >= 11 is 0. The maximum absolute atomic E-state index is 12.8. The summed E-state index contributed by atoms with van der Waals surface area (Å²) in [6.07, 6.45) is 1.46. The molecule has 0 aromatic carbocycles. The molecule has 1 aliphatic rings. The number of hydrogen-bond acceptors (Lipinski definition) is 6. The Morgan fingerprint density at radius 2 is 1.84 bits per heavy atom. The third kappa shape index (κ3) is 4.34. The Morgan fingerprint density at radius 3 is 2.52 bits per heavy atom. The van der Waals surface area contributed by atoms with Gasteiger partial charge < -0.3 is 9.64 Å². The highest BCUT2D eigenvalue weighted by Crippen LogP contribution is 2.29. The Hall–Kier alpha value is -2.45. The number of anilines is 1. The number of alkyl halides is 3. The van der Waals surface area contributed by atoms with Crippen LogP contribution in [-0.4, -0.2) is 39.6 Å². The molecule has 0 N–H and O–H groups in total. The van der Waals surface area contributed by atoms with E-state index in [0.29, 0.717) is 31.5 Å². The van der Waals surface area contributed by atoms with E-state index in [4.69, 9.17) is 4.74 Å². The number of aryl methyl sites for hydroxylation is 1. The monoisotopic (exact) mass is 353 g/mol. The first-order valence-electron chi connectivity index (χ1n) is 7.99. The van der Waals surface area contributed by atoms with E-state index in [2.05, 4.69) is 19.9 Å². The highest BCUT2D eigenvalue weighted by molar-refractivity contribution is 5.31. The van der Waals surface area contributed by atoms with Crippen molar-refractivity contribution in [2.75, 3.05) is 24.6 Å². The lowest BCUT2D eigenvalue weighted by atomic mass is 9.98. The largest absolute Gasteiger partial charge is 0.476 e. The number of halogens is 3. The summed E-state index contributed by atoms with van der Waals surface area (Å²) in [6, 6.07) is 0.882. The summed E-state index contributed by atoms with van der Waals surface area (Å²) in [5.41, 5.74) is -0.182. The van der Waals surface area contributed by atoms with E-state index in [-0.39, 0.29) is 5.95 Å². The summed E-state index contributed by atoms with van der Waals surface area (Å²) in [6.45, 7) is 3.52. The SMILES string of the molecule is Cc1nccnc1OCC1CCN(c2nccc(C(F)(F)F)n2)CC1. The fraction of sp³-hybridized carbons (Fsp3) is 0.500. The average molecular weight is 353 g/mol. The molecule has 0 saturated carbocycles. The zero-order valence-electron chi connectivity index (χ0n) is 13.7. The van der Waals surface area contributed by atoms with Gasteiger partial charge in [-0.05, 0) is 31.7 Å². The summed E-state index contributed by atoms with van der Waals surface area (Å²) in [5, 5.41) is 0. The summed E-state index contributed by atoms with van der Waals surface area (Å²) in [4.78, 5) is 17.6. The van der Waals surface area contributed by atoms with Crippen LogP contribution in [0.2, 0.25) is 0 Å². The lowest BCUT2D eigenvalue weighted by Gasteiger charge is -2.32. The first-order chi connectivity index (χ1) is 11.9. The molecule has 3 rings (SSSR count). The lowest BCUT2D eigenvalue weighted by molar-refractivity contribution is -0.141. The second-order valence-electron chi connectivity index (χ2n) is 5.93. The van der Waals surface area contributed by atoms with Crippen LogP contribution in [-0.2, 0) is 6.18 Å². The van der Waals surface area contributed by atoms with Crippen LogP contribution in [0.15, 0.2) is 24.7 Å². The van der Waals surface area contributed by atoms with Crippen LogP contribution in [0.1, 0.15) is 24.2 Å². The summed E-state index contributed by atoms with van der Waals surface area (Å²) < 4.78 is 44.0. The van der Waals surface area contributed by atoms with Gasteiger partial charge in [-0.15, -0.1) is 0 Å². The minimum absolute atomic E-state index is 0.124. The van der Waals surface area contributed by atoms with Crippen LogP contribution < -0.4 is 9.64 Å². The predicted octanol–water partition coefficient (Wildman–Crippen LogP) is 2.89. The number of nitrogens with zero attached hydrogens (tertiary/aromatic N) is 5. The van der Waals surface area contributed by atoms with E-state index in [0.717, 1.165) is 30.8 Å². The van der Waals surface area contributed by atoms with Crippen LogP contribution in [0.25, 0.3) is 0 Å². The quantitative estimate of drug-likeness (QED) is 0.842. The number of ether oxygens (including phenoxy) is 1. The Bertz CT molecular complexity index is 717. The van der Waals surface area contributed by atoms with Gasteiger partial charge in [-0.1, -0.05) is 0 Å². The second-order valence-corrected chi connectivity index (χ2v) is 5.93. The molecule has 1 fully saturated rings. The van der Waals surface area contributed by atoms with Gasteiger partial charge in [-0.2, -0.15) is 13.2 Å². The minimum Gasteiger partial charge on any atom is -0.476 e. The molecule has 25 heavy (non-hydrogen) atoms. The molecule has 0 aliphatic carbocycles. The van der Waals surface area contributed by atoms with Gasteiger partial charge in [0.1, 0.15) is 5.69 Å². The zero-order valence-corrected chi connectivity index (χ0v) is 13.7. The van der Waals surface area contributed by atoms with Crippen LogP contribution >= 0.6 is 0 Å². The smallest absolute Gasteiger partial charge is 0.433 e. The van der Waals surface area contributed by atoms with Crippen molar-refractivity contribution in [2.45, 2.75) is 25.9 Å². The normalized spacial score (nSPS) is 16.1. The summed E-state index contributed by atoms with van der Waals surface area (Å²) in [5.74, 6) is 0.952. The predicted molar refractivity (Wildman–Crippen MR) is 84.2 cm³/mol. The van der Waals surface area contributed by atoms with Crippen LogP contribution in [0.4, 0.5) is 19.1 Å². The molecule has 0 radical (unpaired) electrons. The zero-order chi connectivity index (χ0) is 17.9. The molecule has 1 saturated heterocycles. The molecule has 6 nitrogen and oxygen atoms in total. The molecule has 0 atom stereocenters. The molecule has 2 aromatic heterocycles. The molecule has 0 bridgehead atoms. The maximum atomic E-state index is 12.8. The van der Waals surface area contributed by atoms with Crippen molar-refractivity contribution < 1.29 is 17.9 Å². The number of hydrogen-bond donors (Lipinski definition) is 0. The van der Waals surface area contributed by atoms with Gasteiger partial charge in [0.25, 0.3) is 0 Å². The van der Waals surface area contributed by atoms with Crippen molar-refractivity contribution in [3.05, 3.63) is 36.0 Å². The molecule has 9 heteroatoms. The van der Waals surface area contributed by atoms with Crippen LogP contribution in [0.5, 0.6) is 5.88 Å². The second kappa shape index (κ2) is 7.20. The Labute approximate surface area is 143 Å². The van der Waals surface area contributed by atoms with Gasteiger partial charge in [0.05, 0.1) is 12.3 Å². The van der Waals surface area contributed by atoms with E-state index in [1.54, 1.807) is 17.3 Å². The van der Waals surface area contributed by atoms with Crippen LogP contribution in [0.3, 0.4) is 0 Å². The number of piperidine rings is 1. The van der Waals surface area contributed by atoms with Crippen molar-refractivity contribution in [3.8, 4) is 5.88 Å². The van der Waals surface area contributed by atoms with E-state index in [1.807, 2.05) is 6.92 Å². The molecule has 3 heterocycles. The minimum atomic E-state index is -4.46. The van der Waals surface area contributed by atoms with Gasteiger partial charge >= 0.3 is 6.18 Å². The number of aromatic nitrogens is 4. The third-order valence-corrected chi connectivity index (χ3v) is 4.12. The lowest BCUT2D eigenvalue weighted by Crippen LogP contribution is -2.37. The van der Waals surface area contributed by atoms with Gasteiger partial charge in [0.15, 0.2) is 0 Å². The highest BCUT2D eigenvalue weighted by Gasteiger charge is 2.33. The van der Waals surface area contributed by atoms with E-state index >= 15 is 0 Å². The molecular weight excluding hydrogens is 335 g/mol. The van der Waals surface area contributed by atoms with E-state index in [9.17, 15) is 13.2 Å². The number of rotatable bonds is 4. The first-order valence-corrected chi connectivity index (χ1v) is 7.99. The van der Waals surface area contributed by atoms with Gasteiger partial charge in [0.2, 0.25) is 11.8 Å². The maximum Gasteiger partial charge on any atom is 0.433 e. The molecule has 0 amide bonds. The molecule has 134 valence electrons. The first kappa shape index (κ1) is 17.4. The van der Waals surface area contributed by atoms with Crippen molar-refractivity contribution in [1.29, 1.82) is 0 Å². The molecule has 0 unspecified atom stereocenters. The summed E-state index contributed by atoms with van der Waals surface area (Å²) in [7, 11) is 0. The van der Waals surface area contributed by atoms with E-state index < -0.39 is 11.9 Å². The fourth-order valence-corrected chi connectivity index (χ4v) is 2.69. The molecule has 2 aromatic rings. The third-order valence-electron chi connectivity index (χ3n) is 4.12. The van der Waals surface area contributed by atoms with E-state index in [1.165, 1.54) is 0 Å². The average Bonchev–Trinajstić information content (AvgIpc) is 2.61. The fourth-order valence-electron chi connectivity index (χ4n) is 2.69.